The van der Waals surface area contributed by atoms with Crippen LogP contribution in [0.5, 0.6) is 0 Å². The third kappa shape index (κ3) is 3.15. The summed E-state index contributed by atoms with van der Waals surface area (Å²) in [5.41, 5.74) is 2.82. The molecular formula is C16H19ClS. The predicted molar refractivity (Wildman–Crippen MR) is 82.8 cm³/mol. The fourth-order valence-corrected chi connectivity index (χ4v) is 3.59. The highest BCUT2D eigenvalue weighted by Gasteiger charge is 2.09. The molecule has 1 aromatic carbocycles. The third-order valence-corrected chi connectivity index (χ3v) is 4.56. The molecule has 18 heavy (non-hydrogen) atoms. The zero-order valence-electron chi connectivity index (χ0n) is 11.0. The van der Waals surface area contributed by atoms with Crippen LogP contribution in [0.4, 0.5) is 0 Å². The minimum Gasteiger partial charge on any atom is -0.140 e. The first-order valence-electron chi connectivity index (χ1n) is 6.62. The Labute approximate surface area is 119 Å². The second-order valence-corrected chi connectivity index (χ2v) is 6.14. The highest BCUT2D eigenvalue weighted by atomic mass is 35.5. The van der Waals surface area contributed by atoms with Crippen LogP contribution in [-0.4, -0.2) is 0 Å². The molecule has 0 N–H and O–H groups in total. The van der Waals surface area contributed by atoms with Gasteiger partial charge in [-0.25, -0.2) is 0 Å². The maximum Gasteiger partial charge on any atom is 0.0406 e. The van der Waals surface area contributed by atoms with Gasteiger partial charge in [0, 0.05) is 14.8 Å². The van der Waals surface area contributed by atoms with Crippen molar-refractivity contribution in [2.45, 2.75) is 39.5 Å². The molecule has 0 unspecified atom stereocenters. The largest absolute Gasteiger partial charge is 0.140 e. The maximum absolute atomic E-state index is 5.94. The Bertz CT molecular complexity index is 473. The number of aryl methyl sites for hydroxylation is 2. The van der Waals surface area contributed by atoms with Crippen molar-refractivity contribution in [3.8, 4) is 10.4 Å². The van der Waals surface area contributed by atoms with Crippen molar-refractivity contribution in [2.75, 3.05) is 0 Å². The lowest BCUT2D eigenvalue weighted by Gasteiger charge is -1.98. The lowest BCUT2D eigenvalue weighted by Crippen LogP contribution is -1.86. The Hall–Kier alpha value is -0.790. The lowest BCUT2D eigenvalue weighted by atomic mass is 10.1. The van der Waals surface area contributed by atoms with Gasteiger partial charge in [0.25, 0.3) is 0 Å². The van der Waals surface area contributed by atoms with Crippen LogP contribution < -0.4 is 0 Å². The number of thiophene rings is 1. The summed E-state index contributed by atoms with van der Waals surface area (Å²) >= 11 is 7.88. The maximum atomic E-state index is 5.94. The van der Waals surface area contributed by atoms with Crippen molar-refractivity contribution in [3.05, 3.63) is 45.8 Å². The van der Waals surface area contributed by atoms with E-state index >= 15 is 0 Å². The van der Waals surface area contributed by atoms with Crippen molar-refractivity contribution in [3.63, 3.8) is 0 Å². The molecule has 0 fully saturated rings. The Balaban J connectivity index is 2.33. The first-order chi connectivity index (χ1) is 8.74. The molecule has 0 saturated carbocycles. The molecule has 2 rings (SSSR count). The van der Waals surface area contributed by atoms with E-state index in [9.17, 15) is 0 Å². The topological polar surface area (TPSA) is 0 Å². The molecule has 96 valence electrons. The van der Waals surface area contributed by atoms with E-state index in [0.717, 1.165) is 5.02 Å². The highest BCUT2D eigenvalue weighted by Crippen LogP contribution is 2.33. The Morgan fingerprint density at radius 2 is 1.67 bits per heavy atom. The van der Waals surface area contributed by atoms with Crippen LogP contribution in [0.15, 0.2) is 30.3 Å². The summed E-state index contributed by atoms with van der Waals surface area (Å²) < 4.78 is 0. The van der Waals surface area contributed by atoms with E-state index in [4.69, 9.17) is 11.6 Å². The molecule has 1 heterocycles. The monoisotopic (exact) mass is 278 g/mol. The predicted octanol–water partition coefficient (Wildman–Crippen LogP) is 5.97. The van der Waals surface area contributed by atoms with Gasteiger partial charge in [0.15, 0.2) is 0 Å². The molecule has 0 aliphatic carbocycles. The number of benzene rings is 1. The molecule has 2 heteroatoms. The average molecular weight is 279 g/mol. The van der Waals surface area contributed by atoms with E-state index in [-0.39, 0.29) is 0 Å². The minimum atomic E-state index is 0.804. The van der Waals surface area contributed by atoms with Gasteiger partial charge in [-0.05, 0) is 42.2 Å². The number of halogens is 1. The number of hydrogen-bond acceptors (Lipinski definition) is 1. The molecule has 2 aromatic rings. The molecule has 1 aromatic heterocycles. The fourth-order valence-electron chi connectivity index (χ4n) is 2.14. The normalized spacial score (nSPS) is 10.8. The van der Waals surface area contributed by atoms with E-state index < -0.39 is 0 Å². The lowest BCUT2D eigenvalue weighted by molar-refractivity contribution is 0.878. The summed E-state index contributed by atoms with van der Waals surface area (Å²) in [7, 11) is 0. The molecule has 0 nitrogen and oxygen atoms in total. The van der Waals surface area contributed by atoms with E-state index in [1.807, 2.05) is 23.5 Å². The summed E-state index contributed by atoms with van der Waals surface area (Å²) in [5, 5.41) is 0.804. The molecule has 0 amide bonds. The molecule has 0 aliphatic rings. The molecule has 0 saturated heterocycles. The van der Waals surface area contributed by atoms with E-state index in [2.05, 4.69) is 32.0 Å². The van der Waals surface area contributed by atoms with Gasteiger partial charge in [-0.15, -0.1) is 11.3 Å². The van der Waals surface area contributed by atoms with Crippen LogP contribution in [0.3, 0.4) is 0 Å². The van der Waals surface area contributed by atoms with Crippen molar-refractivity contribution < 1.29 is 0 Å². The fraction of sp³-hybridized carbons (Fsp3) is 0.375. The van der Waals surface area contributed by atoms with Gasteiger partial charge in [0.2, 0.25) is 0 Å². The summed E-state index contributed by atoms with van der Waals surface area (Å²) in [6, 6.07) is 10.5. The Morgan fingerprint density at radius 1 is 1.00 bits per heavy atom. The molecular weight excluding hydrogens is 260 g/mol. The van der Waals surface area contributed by atoms with Gasteiger partial charge in [-0.3, -0.25) is 0 Å². The molecule has 0 aliphatic heterocycles. The zero-order valence-corrected chi connectivity index (χ0v) is 12.6. The first kappa shape index (κ1) is 13.6. The van der Waals surface area contributed by atoms with E-state index in [0.29, 0.717) is 0 Å². The molecule has 0 atom stereocenters. The molecule has 0 radical (unpaired) electrons. The van der Waals surface area contributed by atoms with Gasteiger partial charge >= 0.3 is 0 Å². The van der Waals surface area contributed by atoms with Gasteiger partial charge in [-0.2, -0.15) is 0 Å². The van der Waals surface area contributed by atoms with E-state index in [1.165, 1.54) is 41.7 Å². The van der Waals surface area contributed by atoms with Crippen LogP contribution in [0.2, 0.25) is 5.02 Å². The first-order valence-corrected chi connectivity index (χ1v) is 7.81. The number of hydrogen-bond donors (Lipinski definition) is 0. The summed E-state index contributed by atoms with van der Waals surface area (Å²) in [6.07, 6.45) is 4.83. The van der Waals surface area contributed by atoms with Gasteiger partial charge < -0.3 is 0 Å². The van der Waals surface area contributed by atoms with Crippen LogP contribution in [-0.2, 0) is 12.8 Å². The number of rotatable bonds is 5. The standard InChI is InChI=1S/C16H19ClS/c1-3-5-13-11-16(18-15(13)6-4-2)12-7-9-14(17)10-8-12/h7-11H,3-6H2,1-2H3. The average Bonchev–Trinajstić information content (AvgIpc) is 2.75. The van der Waals surface area contributed by atoms with Crippen molar-refractivity contribution in [2.24, 2.45) is 0 Å². The SMILES string of the molecule is CCCc1cc(-c2ccc(Cl)cc2)sc1CCC. The van der Waals surface area contributed by atoms with Crippen molar-refractivity contribution >= 4 is 22.9 Å². The van der Waals surface area contributed by atoms with Gasteiger partial charge in [0.05, 0.1) is 0 Å². The Kier molecular flexibility index (Phi) is 4.85. The van der Waals surface area contributed by atoms with Crippen molar-refractivity contribution in [1.29, 1.82) is 0 Å². The minimum absolute atomic E-state index is 0.804. The second-order valence-electron chi connectivity index (χ2n) is 4.57. The zero-order chi connectivity index (χ0) is 13.0. The quantitative estimate of drug-likeness (QED) is 0.632. The second kappa shape index (κ2) is 6.40. The third-order valence-electron chi connectivity index (χ3n) is 3.02. The summed E-state index contributed by atoms with van der Waals surface area (Å²) in [6.45, 7) is 4.49. The van der Waals surface area contributed by atoms with Crippen LogP contribution in [0.1, 0.15) is 37.1 Å². The Morgan fingerprint density at radius 3 is 2.28 bits per heavy atom. The van der Waals surface area contributed by atoms with Crippen LogP contribution in [0, 0.1) is 0 Å². The van der Waals surface area contributed by atoms with Crippen LogP contribution >= 0.6 is 22.9 Å². The van der Waals surface area contributed by atoms with Crippen molar-refractivity contribution in [1.82, 2.24) is 0 Å². The highest BCUT2D eigenvalue weighted by molar-refractivity contribution is 7.15. The van der Waals surface area contributed by atoms with E-state index in [1.54, 1.807) is 4.88 Å². The van der Waals surface area contributed by atoms with Crippen LogP contribution in [0.25, 0.3) is 10.4 Å². The molecule has 0 bridgehead atoms. The summed E-state index contributed by atoms with van der Waals surface area (Å²) in [5.74, 6) is 0. The molecule has 0 spiro atoms. The smallest absolute Gasteiger partial charge is 0.0406 e. The van der Waals surface area contributed by atoms with Gasteiger partial charge in [0.1, 0.15) is 0 Å². The van der Waals surface area contributed by atoms with Gasteiger partial charge in [-0.1, -0.05) is 50.4 Å². The summed E-state index contributed by atoms with van der Waals surface area (Å²) in [4.78, 5) is 2.93.